The summed E-state index contributed by atoms with van der Waals surface area (Å²) in [5.41, 5.74) is 1.33. The van der Waals surface area contributed by atoms with Crippen molar-refractivity contribution in [3.8, 4) is 5.75 Å². The maximum absolute atomic E-state index is 10.6. The van der Waals surface area contributed by atoms with Gasteiger partial charge in [0, 0.05) is 12.1 Å². The zero-order valence-corrected chi connectivity index (χ0v) is 11.0. The summed E-state index contributed by atoms with van der Waals surface area (Å²) in [6.07, 6.45) is -0.813. The summed E-state index contributed by atoms with van der Waals surface area (Å²) < 4.78 is 5.33. The van der Waals surface area contributed by atoms with Crippen LogP contribution in [0.3, 0.4) is 0 Å². The van der Waals surface area contributed by atoms with Gasteiger partial charge in [0.25, 0.3) is 5.69 Å². The molecule has 2 aromatic rings. The first-order valence-electron chi connectivity index (χ1n) is 6.27. The number of nitrogens with zero attached hydrogens (tertiary/aromatic N) is 1. The molecular weight excluding hydrogens is 258 g/mol. The lowest BCUT2D eigenvalue weighted by molar-refractivity contribution is -0.384. The van der Waals surface area contributed by atoms with Gasteiger partial charge in [-0.3, -0.25) is 10.1 Å². The summed E-state index contributed by atoms with van der Waals surface area (Å²) in [5, 5.41) is 20.8. The molecule has 1 N–H and O–H groups in total. The monoisotopic (exact) mass is 273 g/mol. The summed E-state index contributed by atoms with van der Waals surface area (Å²) in [7, 11) is 0. The third-order valence-electron chi connectivity index (χ3n) is 2.93. The molecule has 0 fully saturated rings. The van der Waals surface area contributed by atoms with Crippen molar-refractivity contribution in [3.05, 3.63) is 69.8 Å². The van der Waals surface area contributed by atoms with Gasteiger partial charge < -0.3 is 9.84 Å². The number of nitro groups is 1. The molecule has 5 nitrogen and oxygen atoms in total. The van der Waals surface area contributed by atoms with Crippen LogP contribution in [-0.4, -0.2) is 16.6 Å². The fourth-order valence-electron chi connectivity index (χ4n) is 1.88. The topological polar surface area (TPSA) is 72.6 Å². The van der Waals surface area contributed by atoms with Crippen molar-refractivity contribution in [2.75, 3.05) is 6.61 Å². The number of non-ortho nitro benzene ring substituents is 1. The molecule has 104 valence electrons. The van der Waals surface area contributed by atoms with Gasteiger partial charge in [0.15, 0.2) is 0 Å². The van der Waals surface area contributed by atoms with Crippen LogP contribution in [0.25, 0.3) is 0 Å². The normalized spacial score (nSPS) is 11.9. The minimum atomic E-state index is -0.813. The van der Waals surface area contributed by atoms with E-state index in [-0.39, 0.29) is 5.69 Å². The second-order valence-corrected chi connectivity index (χ2v) is 4.25. The van der Waals surface area contributed by atoms with E-state index in [0.717, 1.165) is 5.75 Å². The highest BCUT2D eigenvalue weighted by Gasteiger charge is 2.12. The highest BCUT2D eigenvalue weighted by molar-refractivity contribution is 5.38. The molecule has 0 bridgehead atoms. The van der Waals surface area contributed by atoms with Crippen LogP contribution in [0.5, 0.6) is 5.75 Å². The van der Waals surface area contributed by atoms with Crippen molar-refractivity contribution in [2.24, 2.45) is 0 Å². The smallest absolute Gasteiger partial charge is 0.269 e. The van der Waals surface area contributed by atoms with Gasteiger partial charge in [-0.25, -0.2) is 0 Å². The van der Waals surface area contributed by atoms with Crippen molar-refractivity contribution in [1.29, 1.82) is 0 Å². The largest absolute Gasteiger partial charge is 0.494 e. The average Bonchev–Trinajstić information content (AvgIpc) is 2.48. The molecule has 0 aromatic heterocycles. The number of benzene rings is 2. The molecule has 5 heteroatoms. The molecular formula is C15H15NO4. The second kappa shape index (κ2) is 6.16. The lowest BCUT2D eigenvalue weighted by atomic mass is 10.0. The van der Waals surface area contributed by atoms with Crippen molar-refractivity contribution < 1.29 is 14.8 Å². The quantitative estimate of drug-likeness (QED) is 0.671. The first-order valence-corrected chi connectivity index (χ1v) is 6.27. The minimum absolute atomic E-state index is 0.00708. The number of ether oxygens (including phenoxy) is 1. The Morgan fingerprint density at radius 2 is 1.60 bits per heavy atom. The molecule has 0 saturated carbocycles. The van der Waals surface area contributed by atoms with E-state index in [4.69, 9.17) is 4.74 Å². The zero-order valence-electron chi connectivity index (χ0n) is 11.0. The second-order valence-electron chi connectivity index (χ2n) is 4.25. The number of aliphatic hydroxyl groups is 1. The van der Waals surface area contributed by atoms with E-state index in [1.165, 1.54) is 12.1 Å². The first-order chi connectivity index (χ1) is 9.61. The molecule has 2 aromatic carbocycles. The number of hydrogen-bond acceptors (Lipinski definition) is 4. The number of aliphatic hydroxyl groups excluding tert-OH is 1. The molecule has 0 saturated heterocycles. The number of rotatable bonds is 5. The Bertz CT molecular complexity index is 578. The molecule has 0 heterocycles. The van der Waals surface area contributed by atoms with Crippen molar-refractivity contribution in [2.45, 2.75) is 13.0 Å². The molecule has 1 atom stereocenters. The van der Waals surface area contributed by atoms with E-state index in [9.17, 15) is 15.2 Å². The maximum Gasteiger partial charge on any atom is 0.269 e. The van der Waals surface area contributed by atoms with Gasteiger partial charge >= 0.3 is 0 Å². The molecule has 0 radical (unpaired) electrons. The van der Waals surface area contributed by atoms with Gasteiger partial charge in [0.2, 0.25) is 0 Å². The predicted octanol–water partition coefficient (Wildman–Crippen LogP) is 3.08. The highest BCUT2D eigenvalue weighted by atomic mass is 16.6. The average molecular weight is 273 g/mol. The molecule has 2 rings (SSSR count). The Kier molecular flexibility index (Phi) is 4.32. The SMILES string of the molecule is CCOc1ccc(C(O)c2ccc([N+](=O)[O-])cc2)cc1. The van der Waals surface area contributed by atoms with Crippen LogP contribution in [0, 0.1) is 10.1 Å². The molecule has 0 aliphatic heterocycles. The van der Waals surface area contributed by atoms with E-state index in [1.54, 1.807) is 36.4 Å². The summed E-state index contributed by atoms with van der Waals surface area (Å²) in [5.74, 6) is 0.743. The van der Waals surface area contributed by atoms with Crippen LogP contribution in [0.4, 0.5) is 5.69 Å². The minimum Gasteiger partial charge on any atom is -0.494 e. The Balaban J connectivity index is 2.17. The molecule has 0 spiro atoms. The Labute approximate surface area is 116 Å². The van der Waals surface area contributed by atoms with E-state index in [0.29, 0.717) is 17.7 Å². The Hall–Kier alpha value is -2.40. The summed E-state index contributed by atoms with van der Waals surface area (Å²) in [6, 6.07) is 13.0. The van der Waals surface area contributed by atoms with E-state index in [2.05, 4.69) is 0 Å². The predicted molar refractivity (Wildman–Crippen MR) is 74.8 cm³/mol. The fourth-order valence-corrected chi connectivity index (χ4v) is 1.88. The first kappa shape index (κ1) is 14.0. The van der Waals surface area contributed by atoms with Gasteiger partial charge in [-0.15, -0.1) is 0 Å². The van der Waals surface area contributed by atoms with Crippen LogP contribution in [0.1, 0.15) is 24.2 Å². The third-order valence-corrected chi connectivity index (χ3v) is 2.93. The number of hydrogen-bond donors (Lipinski definition) is 1. The lowest BCUT2D eigenvalue weighted by Crippen LogP contribution is -2.00. The maximum atomic E-state index is 10.6. The van der Waals surface area contributed by atoms with Crippen LogP contribution < -0.4 is 4.74 Å². The number of nitro benzene ring substituents is 1. The standard InChI is InChI=1S/C15H15NO4/c1-2-20-14-9-5-12(6-10-14)15(17)11-3-7-13(8-4-11)16(18)19/h3-10,15,17H,2H2,1H3. The zero-order chi connectivity index (χ0) is 14.5. The van der Waals surface area contributed by atoms with Gasteiger partial charge in [0.05, 0.1) is 11.5 Å². The van der Waals surface area contributed by atoms with Crippen LogP contribution in [0.15, 0.2) is 48.5 Å². The van der Waals surface area contributed by atoms with Crippen LogP contribution in [-0.2, 0) is 0 Å². The molecule has 0 amide bonds. The molecule has 0 aliphatic rings. The molecule has 1 unspecified atom stereocenters. The summed E-state index contributed by atoms with van der Waals surface area (Å²) >= 11 is 0. The lowest BCUT2D eigenvalue weighted by Gasteiger charge is -2.12. The van der Waals surface area contributed by atoms with E-state index in [1.807, 2.05) is 6.92 Å². The van der Waals surface area contributed by atoms with Crippen LogP contribution >= 0.6 is 0 Å². The summed E-state index contributed by atoms with van der Waals surface area (Å²) in [6.45, 7) is 2.49. The van der Waals surface area contributed by atoms with Gasteiger partial charge in [-0.05, 0) is 42.3 Å². The van der Waals surface area contributed by atoms with E-state index < -0.39 is 11.0 Å². The van der Waals surface area contributed by atoms with Crippen molar-refractivity contribution in [3.63, 3.8) is 0 Å². The van der Waals surface area contributed by atoms with Gasteiger partial charge in [-0.1, -0.05) is 12.1 Å². The van der Waals surface area contributed by atoms with Gasteiger partial charge in [0.1, 0.15) is 11.9 Å². The summed E-state index contributed by atoms with van der Waals surface area (Å²) in [4.78, 5) is 10.1. The molecule has 0 aliphatic carbocycles. The Morgan fingerprint density at radius 1 is 1.10 bits per heavy atom. The van der Waals surface area contributed by atoms with E-state index >= 15 is 0 Å². The fraction of sp³-hybridized carbons (Fsp3) is 0.200. The van der Waals surface area contributed by atoms with Crippen LogP contribution in [0.2, 0.25) is 0 Å². The Morgan fingerprint density at radius 3 is 2.05 bits per heavy atom. The molecule has 20 heavy (non-hydrogen) atoms. The third kappa shape index (κ3) is 3.13. The highest BCUT2D eigenvalue weighted by Crippen LogP contribution is 2.25. The van der Waals surface area contributed by atoms with Gasteiger partial charge in [-0.2, -0.15) is 0 Å². The van der Waals surface area contributed by atoms with Crippen molar-refractivity contribution >= 4 is 5.69 Å². The van der Waals surface area contributed by atoms with Crippen molar-refractivity contribution in [1.82, 2.24) is 0 Å².